The maximum atomic E-state index is 11.3. The molecule has 2 saturated heterocycles. The molecule has 5 atom stereocenters. The number of carbonyl (C=O) groups is 1. The first-order chi connectivity index (χ1) is 15.8. The van der Waals surface area contributed by atoms with Crippen LogP contribution in [0, 0.1) is 17.0 Å². The largest absolute Gasteiger partial charge is 0.506 e. The first-order valence-corrected chi connectivity index (χ1v) is 10.5. The predicted octanol–water partition coefficient (Wildman–Crippen LogP) is 2.93. The lowest BCUT2D eigenvalue weighted by Gasteiger charge is -2.34. The monoisotopic (exact) mass is 478 g/mol. The minimum atomic E-state index is -1.50. The summed E-state index contributed by atoms with van der Waals surface area (Å²) in [6.45, 7) is 1.59. The SMILES string of the molecule is Cc1ncc2c(c1[C@]13OC[C@H](OC(=O)O)[C@H]1OC[C@@H]3O[N+](=O)[O-])COC2c1ccc(Cl)cc1. The molecule has 1 N–H and O–H groups in total. The van der Waals surface area contributed by atoms with E-state index in [0.717, 1.165) is 16.7 Å². The Morgan fingerprint density at radius 1 is 1.30 bits per heavy atom. The fourth-order valence-corrected chi connectivity index (χ4v) is 5.17. The van der Waals surface area contributed by atoms with Crippen molar-refractivity contribution < 1.29 is 38.8 Å². The van der Waals surface area contributed by atoms with Gasteiger partial charge in [0.2, 0.25) is 0 Å². The molecule has 2 aromatic rings. The van der Waals surface area contributed by atoms with Crippen molar-refractivity contribution in [2.24, 2.45) is 0 Å². The van der Waals surface area contributed by atoms with Gasteiger partial charge >= 0.3 is 6.16 Å². The molecule has 4 heterocycles. The lowest BCUT2D eigenvalue weighted by atomic mass is 9.80. The van der Waals surface area contributed by atoms with Crippen molar-refractivity contribution >= 4 is 17.8 Å². The van der Waals surface area contributed by atoms with Crippen molar-refractivity contribution in [2.45, 2.75) is 43.5 Å². The van der Waals surface area contributed by atoms with Crippen molar-refractivity contribution in [3.8, 4) is 0 Å². The quantitative estimate of drug-likeness (QED) is 0.387. The second-order valence-corrected chi connectivity index (χ2v) is 8.43. The lowest BCUT2D eigenvalue weighted by Crippen LogP contribution is -2.48. The van der Waals surface area contributed by atoms with Crippen LogP contribution in [0.15, 0.2) is 30.5 Å². The van der Waals surface area contributed by atoms with Crippen LogP contribution >= 0.6 is 11.6 Å². The van der Waals surface area contributed by atoms with Crippen molar-refractivity contribution in [2.75, 3.05) is 13.2 Å². The average molecular weight is 479 g/mol. The smallest absolute Gasteiger partial charge is 0.450 e. The highest BCUT2D eigenvalue weighted by Crippen LogP contribution is 2.52. The second kappa shape index (κ2) is 8.10. The van der Waals surface area contributed by atoms with Gasteiger partial charge in [0, 0.05) is 28.0 Å². The highest BCUT2D eigenvalue weighted by atomic mass is 35.5. The van der Waals surface area contributed by atoms with Crippen molar-refractivity contribution in [1.82, 2.24) is 4.98 Å². The summed E-state index contributed by atoms with van der Waals surface area (Å²) in [5.74, 6) is 0. The first-order valence-electron chi connectivity index (χ1n) is 10.1. The normalized spacial score (nSPS) is 30.0. The molecular weight excluding hydrogens is 460 g/mol. The molecule has 11 nitrogen and oxygen atoms in total. The number of fused-ring (bicyclic) bond motifs is 2. The maximum Gasteiger partial charge on any atom is 0.506 e. The zero-order valence-electron chi connectivity index (χ0n) is 17.3. The van der Waals surface area contributed by atoms with Gasteiger partial charge in [-0.1, -0.05) is 23.7 Å². The Morgan fingerprint density at radius 3 is 2.76 bits per heavy atom. The summed E-state index contributed by atoms with van der Waals surface area (Å²) in [4.78, 5) is 31.9. The molecule has 0 aliphatic carbocycles. The molecule has 0 amide bonds. The van der Waals surface area contributed by atoms with Gasteiger partial charge in [-0.15, -0.1) is 10.1 Å². The lowest BCUT2D eigenvalue weighted by molar-refractivity contribution is -0.772. The molecule has 2 fully saturated rings. The number of hydrogen-bond donors (Lipinski definition) is 1. The Bertz CT molecular complexity index is 1110. The summed E-state index contributed by atoms with van der Waals surface area (Å²) in [5, 5.41) is 20.1. The number of pyridine rings is 1. The van der Waals surface area contributed by atoms with E-state index < -0.39 is 41.3 Å². The third kappa shape index (κ3) is 3.48. The number of halogens is 1. The fourth-order valence-electron chi connectivity index (χ4n) is 5.04. The number of nitrogens with zero attached hydrogens (tertiary/aromatic N) is 2. The molecule has 3 aliphatic rings. The molecule has 1 aromatic heterocycles. The van der Waals surface area contributed by atoms with E-state index in [4.69, 9.17) is 40.5 Å². The highest BCUT2D eigenvalue weighted by molar-refractivity contribution is 6.30. The fraction of sp³-hybridized carbons (Fsp3) is 0.429. The summed E-state index contributed by atoms with van der Waals surface area (Å²) in [6, 6.07) is 7.22. The van der Waals surface area contributed by atoms with Gasteiger partial charge in [-0.05, 0) is 30.2 Å². The van der Waals surface area contributed by atoms with Crippen LogP contribution in [0.3, 0.4) is 0 Å². The molecule has 174 valence electrons. The van der Waals surface area contributed by atoms with E-state index in [9.17, 15) is 14.9 Å². The van der Waals surface area contributed by atoms with Gasteiger partial charge in [0.25, 0.3) is 5.09 Å². The number of aromatic nitrogens is 1. The van der Waals surface area contributed by atoms with Crippen molar-refractivity contribution in [1.29, 1.82) is 0 Å². The van der Waals surface area contributed by atoms with Gasteiger partial charge in [0.15, 0.2) is 17.8 Å². The van der Waals surface area contributed by atoms with Crippen molar-refractivity contribution in [3.63, 3.8) is 0 Å². The number of aryl methyl sites for hydroxylation is 1. The summed E-state index contributed by atoms with van der Waals surface area (Å²) in [6.07, 6.45) is -3.33. The first kappa shape index (κ1) is 21.8. The summed E-state index contributed by atoms with van der Waals surface area (Å²) in [7, 11) is 0. The van der Waals surface area contributed by atoms with E-state index in [0.29, 0.717) is 16.3 Å². The van der Waals surface area contributed by atoms with Crippen molar-refractivity contribution in [3.05, 3.63) is 73.5 Å². The Labute approximate surface area is 192 Å². The minimum Gasteiger partial charge on any atom is -0.450 e. The van der Waals surface area contributed by atoms with Gasteiger partial charge in [-0.25, -0.2) is 4.79 Å². The molecular formula is C21H19ClN2O9. The van der Waals surface area contributed by atoms with Crippen LogP contribution in [0.4, 0.5) is 4.79 Å². The minimum absolute atomic E-state index is 0.154. The van der Waals surface area contributed by atoms with Gasteiger partial charge in [-0.2, -0.15) is 0 Å². The van der Waals surface area contributed by atoms with E-state index >= 15 is 0 Å². The Morgan fingerprint density at radius 2 is 2.06 bits per heavy atom. The molecule has 3 aliphatic heterocycles. The average Bonchev–Trinajstić information content (AvgIpc) is 3.43. The van der Waals surface area contributed by atoms with E-state index in [-0.39, 0.29) is 19.8 Å². The van der Waals surface area contributed by atoms with E-state index in [1.54, 1.807) is 25.3 Å². The zero-order chi connectivity index (χ0) is 23.3. The number of ether oxygens (including phenoxy) is 4. The van der Waals surface area contributed by atoms with Crippen LogP contribution in [0.5, 0.6) is 0 Å². The van der Waals surface area contributed by atoms with Crippen LogP contribution < -0.4 is 0 Å². The standard InChI is InChI=1S/C21H19ClN2O9/c1-10-17(14-7-29-18(13(14)6-23-10)11-2-4-12(22)5-3-11)21-16(33-24(27)28)9-30-19(21)15(8-31-21)32-20(25)26/h2-6,15-16,18-19H,7-9H2,1H3,(H,25,26)/t15-,16-,18?,19+,21-/m0/s1. The number of benzene rings is 1. The molecule has 33 heavy (non-hydrogen) atoms. The topological polar surface area (TPSA) is 139 Å². The molecule has 1 unspecified atom stereocenters. The third-order valence-electron chi connectivity index (χ3n) is 6.27. The predicted molar refractivity (Wildman–Crippen MR) is 109 cm³/mol. The van der Waals surface area contributed by atoms with Crippen LogP contribution in [0.1, 0.15) is 34.1 Å². The van der Waals surface area contributed by atoms with Crippen LogP contribution in [-0.4, -0.2) is 52.9 Å². The Balaban J connectivity index is 1.63. The molecule has 1 aromatic carbocycles. The summed E-state index contributed by atoms with van der Waals surface area (Å²) in [5.41, 5.74) is 1.95. The van der Waals surface area contributed by atoms with Crippen LogP contribution in [0.25, 0.3) is 0 Å². The molecule has 0 radical (unpaired) electrons. The Kier molecular flexibility index (Phi) is 5.36. The van der Waals surface area contributed by atoms with Gasteiger partial charge < -0.3 is 28.9 Å². The second-order valence-electron chi connectivity index (χ2n) is 7.99. The Hall–Kier alpha value is -2.99. The number of rotatable bonds is 5. The van der Waals surface area contributed by atoms with E-state index in [1.807, 2.05) is 12.1 Å². The van der Waals surface area contributed by atoms with E-state index in [1.165, 1.54) is 0 Å². The van der Waals surface area contributed by atoms with Gasteiger partial charge in [-0.3, -0.25) is 4.98 Å². The van der Waals surface area contributed by atoms with Gasteiger partial charge in [0.05, 0.1) is 19.8 Å². The molecule has 5 rings (SSSR count). The van der Waals surface area contributed by atoms with E-state index in [2.05, 4.69) is 4.98 Å². The van der Waals surface area contributed by atoms with Crippen LogP contribution in [-0.2, 0) is 36.0 Å². The zero-order valence-corrected chi connectivity index (χ0v) is 18.1. The maximum absolute atomic E-state index is 11.3. The van der Waals surface area contributed by atoms with Gasteiger partial charge in [0.1, 0.15) is 12.2 Å². The number of hydrogen-bond acceptors (Lipinski definition) is 9. The summed E-state index contributed by atoms with van der Waals surface area (Å²) >= 11 is 6.01. The molecule has 0 bridgehead atoms. The third-order valence-corrected chi connectivity index (χ3v) is 6.52. The molecule has 0 saturated carbocycles. The molecule has 0 spiro atoms. The number of carboxylic acid groups (broad SMARTS) is 1. The van der Waals surface area contributed by atoms with Crippen LogP contribution in [0.2, 0.25) is 5.02 Å². The molecule has 12 heteroatoms. The highest BCUT2D eigenvalue weighted by Gasteiger charge is 2.65. The summed E-state index contributed by atoms with van der Waals surface area (Å²) < 4.78 is 22.9.